The van der Waals surface area contributed by atoms with E-state index in [0.717, 1.165) is 0 Å². The Labute approximate surface area is 60.2 Å². The van der Waals surface area contributed by atoms with Crippen LogP contribution in [0, 0.1) is 0 Å². The highest BCUT2D eigenvalue weighted by Gasteiger charge is 2.12. The highest BCUT2D eigenvalue weighted by Crippen LogP contribution is 2.34. The van der Waals surface area contributed by atoms with Crippen molar-refractivity contribution in [1.29, 1.82) is 0 Å². The van der Waals surface area contributed by atoms with Gasteiger partial charge in [0.15, 0.2) is 12.6 Å². The van der Waals surface area contributed by atoms with Crippen molar-refractivity contribution in [3.63, 3.8) is 0 Å². The van der Waals surface area contributed by atoms with E-state index >= 15 is 0 Å². The third kappa shape index (κ3) is 6.35. The van der Waals surface area contributed by atoms with E-state index < -0.39 is 21.2 Å². The highest BCUT2D eigenvalue weighted by molar-refractivity contribution is 7.40. The molecular formula is C4H11O5P. The van der Waals surface area contributed by atoms with Gasteiger partial charge in [0.2, 0.25) is 0 Å². The molecule has 0 bridgehead atoms. The Bertz CT molecular complexity index is 75.7. The maximum Gasteiger partial charge on any atom is 0.334 e. The van der Waals surface area contributed by atoms with Crippen molar-refractivity contribution in [1.82, 2.24) is 0 Å². The molecule has 0 aliphatic heterocycles. The first-order valence-corrected chi connectivity index (χ1v) is 3.84. The van der Waals surface area contributed by atoms with Crippen LogP contribution in [0.25, 0.3) is 0 Å². The van der Waals surface area contributed by atoms with Gasteiger partial charge in [-0.3, -0.25) is 9.05 Å². The minimum atomic E-state index is -2.16. The SMILES string of the molecule is CC(O)OP(O)OC(C)O. The summed E-state index contributed by atoms with van der Waals surface area (Å²) in [5.74, 6) is 0. The second-order valence-electron chi connectivity index (χ2n) is 1.65. The maximum absolute atomic E-state index is 8.69. The van der Waals surface area contributed by atoms with Gasteiger partial charge in [0.1, 0.15) is 0 Å². The summed E-state index contributed by atoms with van der Waals surface area (Å²) in [4.78, 5) is 8.69. The van der Waals surface area contributed by atoms with Crippen molar-refractivity contribution in [2.75, 3.05) is 0 Å². The predicted octanol–water partition coefficient (Wildman–Crippen LogP) is -0.0846. The molecule has 0 fully saturated rings. The third-order valence-electron chi connectivity index (χ3n) is 0.485. The number of rotatable bonds is 4. The van der Waals surface area contributed by atoms with Crippen molar-refractivity contribution >= 4 is 8.60 Å². The molecule has 0 saturated heterocycles. The van der Waals surface area contributed by atoms with Crippen molar-refractivity contribution in [2.24, 2.45) is 0 Å². The molecule has 6 heteroatoms. The van der Waals surface area contributed by atoms with E-state index in [1.807, 2.05) is 0 Å². The summed E-state index contributed by atoms with van der Waals surface area (Å²) in [5, 5.41) is 17.0. The van der Waals surface area contributed by atoms with Gasteiger partial charge in [0, 0.05) is 0 Å². The summed E-state index contributed by atoms with van der Waals surface area (Å²) in [6.07, 6.45) is -2.18. The van der Waals surface area contributed by atoms with Crippen molar-refractivity contribution in [3.8, 4) is 0 Å². The van der Waals surface area contributed by atoms with Gasteiger partial charge < -0.3 is 15.1 Å². The van der Waals surface area contributed by atoms with Crippen LogP contribution in [-0.4, -0.2) is 27.7 Å². The molecule has 5 nitrogen and oxygen atoms in total. The maximum atomic E-state index is 8.69. The molecule has 62 valence electrons. The van der Waals surface area contributed by atoms with Crippen LogP contribution in [0.2, 0.25) is 0 Å². The van der Waals surface area contributed by atoms with Crippen molar-refractivity contribution in [2.45, 2.75) is 26.4 Å². The first-order chi connectivity index (χ1) is 4.52. The monoisotopic (exact) mass is 170 g/mol. The molecule has 0 spiro atoms. The van der Waals surface area contributed by atoms with Crippen molar-refractivity contribution < 1.29 is 24.2 Å². The van der Waals surface area contributed by atoms with Gasteiger partial charge in [-0.2, -0.15) is 0 Å². The lowest BCUT2D eigenvalue weighted by Gasteiger charge is -2.13. The van der Waals surface area contributed by atoms with Crippen LogP contribution in [0.4, 0.5) is 0 Å². The van der Waals surface area contributed by atoms with E-state index in [0.29, 0.717) is 0 Å². The summed E-state index contributed by atoms with van der Waals surface area (Å²) in [5.41, 5.74) is 0. The number of hydrogen-bond donors (Lipinski definition) is 3. The second-order valence-corrected chi connectivity index (χ2v) is 2.54. The molecule has 0 aromatic rings. The van der Waals surface area contributed by atoms with E-state index in [9.17, 15) is 0 Å². The summed E-state index contributed by atoms with van der Waals surface area (Å²) in [6.45, 7) is 2.66. The average molecular weight is 170 g/mol. The normalized spacial score (nSPS) is 20.1. The lowest BCUT2D eigenvalue weighted by atomic mass is 10.8. The first-order valence-electron chi connectivity index (χ1n) is 2.71. The van der Waals surface area contributed by atoms with Crippen LogP contribution < -0.4 is 0 Å². The van der Waals surface area contributed by atoms with Gasteiger partial charge in [-0.05, 0) is 13.8 Å². The lowest BCUT2D eigenvalue weighted by molar-refractivity contribution is -0.0521. The van der Waals surface area contributed by atoms with E-state index in [-0.39, 0.29) is 0 Å². The summed E-state index contributed by atoms with van der Waals surface area (Å²) < 4.78 is 8.71. The van der Waals surface area contributed by atoms with Crippen LogP contribution in [0.1, 0.15) is 13.8 Å². The predicted molar refractivity (Wildman–Crippen MR) is 34.7 cm³/mol. The molecule has 0 aromatic carbocycles. The van der Waals surface area contributed by atoms with Crippen LogP contribution >= 0.6 is 8.60 Å². The molecular weight excluding hydrogens is 159 g/mol. The lowest BCUT2D eigenvalue weighted by Crippen LogP contribution is -2.07. The largest absolute Gasteiger partial charge is 0.368 e. The molecule has 0 heterocycles. The van der Waals surface area contributed by atoms with Gasteiger partial charge in [-0.25, -0.2) is 0 Å². The summed E-state index contributed by atoms with van der Waals surface area (Å²) >= 11 is 0. The Morgan fingerprint density at radius 1 is 1.10 bits per heavy atom. The van der Waals surface area contributed by atoms with E-state index in [1.165, 1.54) is 13.8 Å². The molecule has 0 radical (unpaired) electrons. The molecule has 0 aliphatic rings. The Balaban J connectivity index is 3.34. The fourth-order valence-electron chi connectivity index (χ4n) is 0.286. The fraction of sp³-hybridized carbons (Fsp3) is 1.00. The molecule has 3 N–H and O–H groups in total. The molecule has 10 heavy (non-hydrogen) atoms. The average Bonchev–Trinajstić information content (AvgIpc) is 1.58. The summed E-state index contributed by atoms with van der Waals surface area (Å²) in [7, 11) is -2.16. The van der Waals surface area contributed by atoms with E-state index in [2.05, 4.69) is 9.05 Å². The van der Waals surface area contributed by atoms with Crippen LogP contribution in [0.15, 0.2) is 0 Å². The number of aliphatic hydroxyl groups is 2. The minimum Gasteiger partial charge on any atom is -0.368 e. The highest BCUT2D eigenvalue weighted by atomic mass is 31.2. The van der Waals surface area contributed by atoms with Gasteiger partial charge >= 0.3 is 8.60 Å². The van der Waals surface area contributed by atoms with Gasteiger partial charge in [0.05, 0.1) is 0 Å². The molecule has 0 amide bonds. The fourth-order valence-corrected chi connectivity index (χ4v) is 0.858. The Hall–Kier alpha value is 0.230. The molecule has 2 atom stereocenters. The molecule has 0 saturated carbocycles. The van der Waals surface area contributed by atoms with Crippen molar-refractivity contribution in [3.05, 3.63) is 0 Å². The number of aliphatic hydroxyl groups excluding tert-OH is 2. The zero-order valence-corrected chi connectivity index (χ0v) is 6.65. The van der Waals surface area contributed by atoms with Crippen LogP contribution in [0.5, 0.6) is 0 Å². The topological polar surface area (TPSA) is 79.2 Å². The zero-order chi connectivity index (χ0) is 8.15. The summed E-state index contributed by atoms with van der Waals surface area (Å²) in [6, 6.07) is 0. The molecule has 0 aliphatic carbocycles. The quantitative estimate of drug-likeness (QED) is 0.406. The first kappa shape index (κ1) is 10.2. The van der Waals surface area contributed by atoms with Gasteiger partial charge in [0.25, 0.3) is 0 Å². The van der Waals surface area contributed by atoms with Crippen LogP contribution in [-0.2, 0) is 9.05 Å². The van der Waals surface area contributed by atoms with E-state index in [4.69, 9.17) is 15.1 Å². The van der Waals surface area contributed by atoms with E-state index in [1.54, 1.807) is 0 Å². The third-order valence-corrected chi connectivity index (χ3v) is 1.46. The molecule has 0 aromatic heterocycles. The Morgan fingerprint density at radius 3 is 1.60 bits per heavy atom. The molecule has 0 rings (SSSR count). The number of hydrogen-bond acceptors (Lipinski definition) is 5. The van der Waals surface area contributed by atoms with Gasteiger partial charge in [-0.15, -0.1) is 0 Å². The second kappa shape index (κ2) is 4.96. The minimum absolute atomic E-state index is 1.09. The molecule has 2 unspecified atom stereocenters. The standard InChI is InChI=1S/C4H11O5P/c1-3(5)8-10(7)9-4(2)6/h3-7H,1-2H3. The van der Waals surface area contributed by atoms with Crippen LogP contribution in [0.3, 0.4) is 0 Å². The smallest absolute Gasteiger partial charge is 0.334 e. The Morgan fingerprint density at radius 2 is 1.40 bits per heavy atom. The Kier molecular flexibility index (Phi) is 5.07. The van der Waals surface area contributed by atoms with Gasteiger partial charge in [-0.1, -0.05) is 0 Å². The zero-order valence-electron chi connectivity index (χ0n) is 5.76.